The van der Waals surface area contributed by atoms with Crippen LogP contribution in [0.4, 0.5) is 0 Å². The van der Waals surface area contributed by atoms with Gasteiger partial charge in [0.15, 0.2) is 11.5 Å². The Morgan fingerprint density at radius 3 is 2.86 bits per heavy atom. The largest absolute Gasteiger partial charge is 0.504 e. The normalized spacial score (nSPS) is 33.2. The number of ether oxygens (including phenoxy) is 1. The lowest BCUT2D eigenvalue weighted by Gasteiger charge is -2.34. The van der Waals surface area contributed by atoms with E-state index < -0.39 is 0 Å². The van der Waals surface area contributed by atoms with Crippen LogP contribution < -0.4 is 4.74 Å². The minimum Gasteiger partial charge on any atom is -0.504 e. The van der Waals surface area contributed by atoms with Crippen molar-refractivity contribution in [2.24, 2.45) is 5.92 Å². The quantitative estimate of drug-likeness (QED) is 0.867. The summed E-state index contributed by atoms with van der Waals surface area (Å²) < 4.78 is 5.22. The second-order valence-corrected chi connectivity index (χ2v) is 8.91. The molecule has 1 amide bonds. The van der Waals surface area contributed by atoms with Gasteiger partial charge < -0.3 is 14.7 Å². The molecule has 28 heavy (non-hydrogen) atoms. The fourth-order valence-electron chi connectivity index (χ4n) is 6.31. The molecular weight excluding hydrogens is 352 g/mol. The number of nitrogens with zero attached hydrogens (tertiary/aromatic N) is 2. The molecule has 1 aromatic carbocycles. The van der Waals surface area contributed by atoms with Gasteiger partial charge in [-0.1, -0.05) is 31.1 Å². The summed E-state index contributed by atoms with van der Waals surface area (Å²) in [7, 11) is 1.57. The Hall–Kier alpha value is -2.01. The first-order valence-corrected chi connectivity index (χ1v) is 10.8. The number of hydrogen-bond acceptors (Lipinski definition) is 4. The molecule has 5 nitrogen and oxygen atoms in total. The Morgan fingerprint density at radius 2 is 2.07 bits per heavy atom. The number of phenolic OH excluding ortho intramolecular Hbond substituents is 1. The lowest BCUT2D eigenvalue weighted by Crippen LogP contribution is -2.52. The van der Waals surface area contributed by atoms with Crippen molar-refractivity contribution in [2.75, 3.05) is 20.2 Å². The van der Waals surface area contributed by atoms with E-state index in [-0.39, 0.29) is 11.3 Å². The van der Waals surface area contributed by atoms with E-state index in [1.54, 1.807) is 13.2 Å². The molecule has 150 valence electrons. The highest BCUT2D eigenvalue weighted by Crippen LogP contribution is 2.52. The van der Waals surface area contributed by atoms with Crippen molar-refractivity contribution in [1.82, 2.24) is 9.80 Å². The number of carbonyl (C=O) groups excluding carboxylic acids is 1. The monoisotopic (exact) mass is 382 g/mol. The SMILES string of the molecule is COc1cc(/C=C/[C@@H]2C[C@H]3CN(C4CCCC4)C(=O)[C@]34CCCN24)ccc1O. The maximum Gasteiger partial charge on any atom is 0.243 e. The number of hydrogen-bond donors (Lipinski definition) is 1. The highest BCUT2D eigenvalue weighted by Gasteiger charge is 2.65. The van der Waals surface area contributed by atoms with Gasteiger partial charge in [-0.15, -0.1) is 0 Å². The van der Waals surface area contributed by atoms with Gasteiger partial charge >= 0.3 is 0 Å². The van der Waals surface area contributed by atoms with E-state index in [1.807, 2.05) is 12.1 Å². The number of likely N-dealkylation sites (tertiary alicyclic amines) is 1. The first-order chi connectivity index (χ1) is 13.6. The zero-order valence-corrected chi connectivity index (χ0v) is 16.6. The van der Waals surface area contributed by atoms with E-state index in [1.165, 1.54) is 25.7 Å². The van der Waals surface area contributed by atoms with Gasteiger partial charge in [-0.25, -0.2) is 0 Å². The van der Waals surface area contributed by atoms with Crippen LogP contribution in [0, 0.1) is 5.92 Å². The highest BCUT2D eigenvalue weighted by atomic mass is 16.5. The molecule has 3 aliphatic heterocycles. The van der Waals surface area contributed by atoms with Gasteiger partial charge in [-0.3, -0.25) is 9.69 Å². The third-order valence-electron chi connectivity index (χ3n) is 7.60. The van der Waals surface area contributed by atoms with Crippen LogP contribution in [0.3, 0.4) is 0 Å². The molecule has 0 aromatic heterocycles. The van der Waals surface area contributed by atoms with Crippen molar-refractivity contribution in [3.8, 4) is 11.5 Å². The summed E-state index contributed by atoms with van der Waals surface area (Å²) in [5.41, 5.74) is 0.781. The van der Waals surface area contributed by atoms with Crippen molar-refractivity contribution in [3.05, 3.63) is 29.8 Å². The summed E-state index contributed by atoms with van der Waals surface area (Å²) in [6.45, 7) is 1.98. The number of carbonyl (C=O) groups is 1. The molecule has 3 heterocycles. The lowest BCUT2D eigenvalue weighted by molar-refractivity contribution is -0.138. The summed E-state index contributed by atoms with van der Waals surface area (Å²) in [5, 5.41) is 9.79. The molecule has 3 atom stereocenters. The molecule has 5 rings (SSSR count). The van der Waals surface area contributed by atoms with E-state index >= 15 is 0 Å². The molecule has 1 spiro atoms. The minimum atomic E-state index is -0.232. The Kier molecular flexibility index (Phi) is 4.38. The first-order valence-electron chi connectivity index (χ1n) is 10.8. The number of amides is 1. The van der Waals surface area contributed by atoms with Gasteiger partial charge in [0.1, 0.15) is 5.54 Å². The van der Waals surface area contributed by atoms with Crippen LogP contribution in [-0.4, -0.2) is 58.6 Å². The van der Waals surface area contributed by atoms with Gasteiger partial charge in [0.25, 0.3) is 0 Å². The number of benzene rings is 1. The van der Waals surface area contributed by atoms with Crippen molar-refractivity contribution >= 4 is 12.0 Å². The first kappa shape index (κ1) is 18.0. The molecule has 1 saturated carbocycles. The Bertz CT molecular complexity index is 801. The van der Waals surface area contributed by atoms with E-state index in [4.69, 9.17) is 4.74 Å². The van der Waals surface area contributed by atoms with E-state index in [9.17, 15) is 9.90 Å². The van der Waals surface area contributed by atoms with Crippen molar-refractivity contribution < 1.29 is 14.6 Å². The summed E-state index contributed by atoms with van der Waals surface area (Å²) in [6.07, 6.45) is 12.5. The molecule has 1 aliphatic carbocycles. The summed E-state index contributed by atoms with van der Waals surface area (Å²) >= 11 is 0. The molecule has 5 heteroatoms. The zero-order chi connectivity index (χ0) is 19.3. The van der Waals surface area contributed by atoms with Gasteiger partial charge in [-0.05, 0) is 56.3 Å². The van der Waals surface area contributed by atoms with Crippen LogP contribution in [0.2, 0.25) is 0 Å². The van der Waals surface area contributed by atoms with E-state index in [0.717, 1.165) is 37.9 Å². The summed E-state index contributed by atoms with van der Waals surface area (Å²) in [6, 6.07) is 6.24. The van der Waals surface area contributed by atoms with Gasteiger partial charge in [-0.2, -0.15) is 0 Å². The molecule has 1 aromatic rings. The Balaban J connectivity index is 1.36. The summed E-state index contributed by atoms with van der Waals surface area (Å²) in [4.78, 5) is 18.3. The molecule has 0 unspecified atom stereocenters. The molecule has 1 N–H and O–H groups in total. The fraction of sp³-hybridized carbons (Fsp3) is 0.609. The molecular formula is C23H30N2O3. The van der Waals surface area contributed by atoms with Gasteiger partial charge in [0.05, 0.1) is 7.11 Å². The zero-order valence-electron chi connectivity index (χ0n) is 16.6. The predicted octanol–water partition coefficient (Wildman–Crippen LogP) is 3.42. The molecule has 4 fully saturated rings. The van der Waals surface area contributed by atoms with Crippen molar-refractivity contribution in [2.45, 2.75) is 62.6 Å². The topological polar surface area (TPSA) is 53.0 Å². The third-order valence-corrected chi connectivity index (χ3v) is 7.60. The van der Waals surface area contributed by atoms with Crippen LogP contribution >= 0.6 is 0 Å². The van der Waals surface area contributed by atoms with Gasteiger partial charge in [0.2, 0.25) is 5.91 Å². The standard InChI is InChI=1S/C23H30N2O3/c1-28-21-13-16(8-10-20(21)26)7-9-19-14-17-15-24(18-5-2-3-6-18)22(27)23(17)11-4-12-25(19)23/h7-10,13,17-19,26H,2-6,11-12,14-15H2,1H3/b9-7+/t17-,19+,23-/m0/s1. The average molecular weight is 383 g/mol. The second kappa shape index (κ2) is 6.80. The molecule has 3 saturated heterocycles. The summed E-state index contributed by atoms with van der Waals surface area (Å²) in [5.74, 6) is 1.54. The average Bonchev–Trinajstić information content (AvgIpc) is 3.45. The number of rotatable bonds is 4. The Morgan fingerprint density at radius 1 is 1.25 bits per heavy atom. The second-order valence-electron chi connectivity index (χ2n) is 8.91. The minimum absolute atomic E-state index is 0.158. The van der Waals surface area contributed by atoms with Crippen LogP contribution in [0.1, 0.15) is 50.5 Å². The number of phenols is 1. The van der Waals surface area contributed by atoms with Gasteiger partial charge in [0, 0.05) is 24.5 Å². The lowest BCUT2D eigenvalue weighted by atomic mass is 9.85. The maximum absolute atomic E-state index is 13.5. The van der Waals surface area contributed by atoms with Crippen LogP contribution in [0.5, 0.6) is 11.5 Å². The van der Waals surface area contributed by atoms with Crippen LogP contribution in [-0.2, 0) is 4.79 Å². The van der Waals surface area contributed by atoms with E-state index in [0.29, 0.717) is 29.7 Å². The smallest absolute Gasteiger partial charge is 0.243 e. The van der Waals surface area contributed by atoms with E-state index in [2.05, 4.69) is 22.0 Å². The number of aromatic hydroxyl groups is 1. The highest BCUT2D eigenvalue weighted by molar-refractivity contribution is 5.90. The van der Waals surface area contributed by atoms with Crippen molar-refractivity contribution in [3.63, 3.8) is 0 Å². The number of methoxy groups -OCH3 is 1. The van der Waals surface area contributed by atoms with Crippen LogP contribution in [0.15, 0.2) is 24.3 Å². The van der Waals surface area contributed by atoms with Crippen molar-refractivity contribution in [1.29, 1.82) is 0 Å². The fourth-order valence-corrected chi connectivity index (χ4v) is 6.31. The maximum atomic E-state index is 13.5. The molecule has 0 bridgehead atoms. The predicted molar refractivity (Wildman–Crippen MR) is 108 cm³/mol. The molecule has 0 radical (unpaired) electrons. The molecule has 4 aliphatic rings. The van der Waals surface area contributed by atoms with Crippen LogP contribution in [0.25, 0.3) is 6.08 Å². The Labute approximate surface area is 167 Å². The third kappa shape index (κ3) is 2.59.